The first-order valence-corrected chi connectivity index (χ1v) is 9.39. The lowest BCUT2D eigenvalue weighted by Crippen LogP contribution is -2.51. The van der Waals surface area contributed by atoms with Gasteiger partial charge in [0, 0.05) is 17.3 Å². The fourth-order valence-electron chi connectivity index (χ4n) is 2.93. The summed E-state index contributed by atoms with van der Waals surface area (Å²) < 4.78 is 19.9. The molecule has 148 valence electrons. The summed E-state index contributed by atoms with van der Waals surface area (Å²) in [5.41, 5.74) is 0.989. The SMILES string of the molecule is CCCNC(=O)C1CN(CC(=O)Nc2cccc(Cl)c2)c2cccc(F)c2O1. The molecule has 0 aliphatic carbocycles. The summed E-state index contributed by atoms with van der Waals surface area (Å²) in [5.74, 6) is -1.25. The van der Waals surface area contributed by atoms with Gasteiger partial charge in [0.05, 0.1) is 18.8 Å². The van der Waals surface area contributed by atoms with Gasteiger partial charge in [0.25, 0.3) is 5.91 Å². The van der Waals surface area contributed by atoms with E-state index in [9.17, 15) is 14.0 Å². The standard InChI is InChI=1S/C20H21ClFN3O3/c1-2-9-23-20(27)17-11-25(16-8-4-7-15(22)19(16)28-17)12-18(26)24-14-6-3-5-13(21)10-14/h3-8,10,17H,2,9,11-12H2,1H3,(H,23,27)(H,24,26). The molecular formula is C20H21ClFN3O3. The molecule has 28 heavy (non-hydrogen) atoms. The normalized spacial score (nSPS) is 15.4. The van der Waals surface area contributed by atoms with Crippen LogP contribution < -0.4 is 20.3 Å². The number of nitrogens with one attached hydrogen (secondary N) is 2. The van der Waals surface area contributed by atoms with Crippen molar-refractivity contribution < 1.29 is 18.7 Å². The minimum Gasteiger partial charge on any atom is -0.473 e. The van der Waals surface area contributed by atoms with Crippen molar-refractivity contribution in [2.24, 2.45) is 0 Å². The molecule has 2 aromatic carbocycles. The maximum Gasteiger partial charge on any atom is 0.262 e. The Hall–Kier alpha value is -2.80. The third kappa shape index (κ3) is 4.72. The largest absolute Gasteiger partial charge is 0.473 e. The van der Waals surface area contributed by atoms with Crippen LogP contribution in [0.3, 0.4) is 0 Å². The van der Waals surface area contributed by atoms with E-state index < -0.39 is 11.9 Å². The highest BCUT2D eigenvalue weighted by molar-refractivity contribution is 6.30. The van der Waals surface area contributed by atoms with Gasteiger partial charge < -0.3 is 20.3 Å². The number of hydrogen-bond acceptors (Lipinski definition) is 4. The number of nitrogens with zero attached hydrogens (tertiary/aromatic N) is 1. The summed E-state index contributed by atoms with van der Waals surface area (Å²) >= 11 is 5.94. The fourth-order valence-corrected chi connectivity index (χ4v) is 3.12. The average Bonchev–Trinajstić information content (AvgIpc) is 2.66. The van der Waals surface area contributed by atoms with E-state index in [0.717, 1.165) is 6.42 Å². The lowest BCUT2D eigenvalue weighted by Gasteiger charge is -2.35. The molecule has 8 heteroatoms. The number of hydrogen-bond donors (Lipinski definition) is 2. The molecule has 2 N–H and O–H groups in total. The van der Waals surface area contributed by atoms with E-state index >= 15 is 0 Å². The minimum absolute atomic E-state index is 0.0269. The van der Waals surface area contributed by atoms with E-state index in [-0.39, 0.29) is 30.7 Å². The van der Waals surface area contributed by atoms with Gasteiger partial charge in [-0.1, -0.05) is 30.7 Å². The highest BCUT2D eigenvalue weighted by Crippen LogP contribution is 2.35. The minimum atomic E-state index is -0.907. The van der Waals surface area contributed by atoms with Crippen LogP contribution in [0.4, 0.5) is 15.8 Å². The molecule has 0 fully saturated rings. The van der Waals surface area contributed by atoms with E-state index in [0.29, 0.717) is 22.9 Å². The van der Waals surface area contributed by atoms with Crippen molar-refractivity contribution in [3.05, 3.63) is 53.3 Å². The van der Waals surface area contributed by atoms with Gasteiger partial charge in [-0.05, 0) is 36.8 Å². The van der Waals surface area contributed by atoms with Crippen LogP contribution in [-0.4, -0.2) is 37.6 Å². The summed E-state index contributed by atoms with van der Waals surface area (Å²) in [5, 5.41) is 6.00. The van der Waals surface area contributed by atoms with Crippen LogP contribution in [0.15, 0.2) is 42.5 Å². The summed E-state index contributed by atoms with van der Waals surface area (Å²) in [7, 11) is 0. The van der Waals surface area contributed by atoms with Crippen LogP contribution in [0.5, 0.6) is 5.75 Å². The van der Waals surface area contributed by atoms with Crippen LogP contribution in [0.25, 0.3) is 0 Å². The number of para-hydroxylation sites is 1. The molecule has 1 aliphatic heterocycles. The molecule has 0 saturated carbocycles. The molecule has 1 unspecified atom stereocenters. The quantitative estimate of drug-likeness (QED) is 0.774. The Bertz CT molecular complexity index is 878. The van der Waals surface area contributed by atoms with Gasteiger partial charge in [-0.2, -0.15) is 0 Å². The Kier molecular flexibility index (Phi) is 6.36. The summed E-state index contributed by atoms with van der Waals surface area (Å²) in [6.07, 6.45) is -0.135. The van der Waals surface area contributed by atoms with Crippen molar-refractivity contribution in [3.8, 4) is 5.75 Å². The Morgan fingerprint density at radius 3 is 2.82 bits per heavy atom. The van der Waals surface area contributed by atoms with Crippen molar-refractivity contribution in [1.29, 1.82) is 0 Å². The zero-order valence-corrected chi connectivity index (χ0v) is 16.1. The van der Waals surface area contributed by atoms with E-state index in [1.54, 1.807) is 35.2 Å². The first-order valence-electron chi connectivity index (χ1n) is 9.01. The summed E-state index contributed by atoms with van der Waals surface area (Å²) in [6, 6.07) is 11.2. The molecule has 3 rings (SSSR count). The molecule has 1 atom stereocenters. The number of benzene rings is 2. The second kappa shape index (κ2) is 8.93. The maximum absolute atomic E-state index is 14.3. The number of halogens is 2. The highest BCUT2D eigenvalue weighted by atomic mass is 35.5. The van der Waals surface area contributed by atoms with Crippen molar-refractivity contribution in [1.82, 2.24) is 5.32 Å². The number of anilines is 2. The number of rotatable bonds is 6. The molecule has 1 heterocycles. The maximum atomic E-state index is 14.3. The first-order chi connectivity index (χ1) is 13.5. The van der Waals surface area contributed by atoms with Crippen molar-refractivity contribution in [2.75, 3.05) is 29.9 Å². The topological polar surface area (TPSA) is 70.7 Å². The van der Waals surface area contributed by atoms with E-state index in [2.05, 4.69) is 10.6 Å². The van der Waals surface area contributed by atoms with Gasteiger partial charge >= 0.3 is 0 Å². The predicted octanol–water partition coefficient (Wildman–Crippen LogP) is 3.21. The van der Waals surface area contributed by atoms with Crippen molar-refractivity contribution >= 4 is 34.8 Å². The molecule has 0 bridgehead atoms. The lowest BCUT2D eigenvalue weighted by molar-refractivity contribution is -0.128. The van der Waals surface area contributed by atoms with Gasteiger partial charge in [0.2, 0.25) is 5.91 Å². The van der Waals surface area contributed by atoms with Gasteiger partial charge in [-0.3, -0.25) is 9.59 Å². The average molecular weight is 406 g/mol. The molecule has 0 saturated heterocycles. The molecular weight excluding hydrogens is 385 g/mol. The van der Waals surface area contributed by atoms with E-state index in [4.69, 9.17) is 16.3 Å². The number of carbonyl (C=O) groups excluding carboxylic acids is 2. The van der Waals surface area contributed by atoms with Gasteiger partial charge in [-0.25, -0.2) is 4.39 Å². The van der Waals surface area contributed by atoms with Crippen LogP contribution >= 0.6 is 11.6 Å². The highest BCUT2D eigenvalue weighted by Gasteiger charge is 2.33. The predicted molar refractivity (Wildman–Crippen MR) is 106 cm³/mol. The van der Waals surface area contributed by atoms with Crippen LogP contribution in [0.1, 0.15) is 13.3 Å². The zero-order valence-electron chi connectivity index (χ0n) is 15.4. The second-order valence-electron chi connectivity index (χ2n) is 6.42. The monoisotopic (exact) mass is 405 g/mol. The van der Waals surface area contributed by atoms with Crippen LogP contribution in [-0.2, 0) is 9.59 Å². The Labute approximate surface area is 167 Å². The van der Waals surface area contributed by atoms with Gasteiger partial charge in [0.1, 0.15) is 0 Å². The number of amides is 2. The Morgan fingerprint density at radius 1 is 1.29 bits per heavy atom. The van der Waals surface area contributed by atoms with Crippen molar-refractivity contribution in [3.63, 3.8) is 0 Å². The van der Waals surface area contributed by atoms with E-state index in [1.165, 1.54) is 12.1 Å². The van der Waals surface area contributed by atoms with Gasteiger partial charge in [0.15, 0.2) is 17.7 Å². The van der Waals surface area contributed by atoms with Crippen LogP contribution in [0.2, 0.25) is 5.02 Å². The smallest absolute Gasteiger partial charge is 0.262 e. The second-order valence-corrected chi connectivity index (χ2v) is 6.86. The Morgan fingerprint density at radius 2 is 2.07 bits per heavy atom. The number of ether oxygens (including phenoxy) is 1. The lowest BCUT2D eigenvalue weighted by atomic mass is 10.1. The number of carbonyl (C=O) groups is 2. The number of fused-ring (bicyclic) bond motifs is 1. The molecule has 0 spiro atoms. The molecule has 2 aromatic rings. The van der Waals surface area contributed by atoms with E-state index in [1.807, 2.05) is 6.92 Å². The zero-order chi connectivity index (χ0) is 20.1. The molecule has 6 nitrogen and oxygen atoms in total. The molecule has 0 aromatic heterocycles. The Balaban J connectivity index is 1.77. The van der Waals surface area contributed by atoms with Gasteiger partial charge in [-0.15, -0.1) is 0 Å². The first kappa shape index (κ1) is 19.9. The molecule has 2 amide bonds. The summed E-state index contributed by atoms with van der Waals surface area (Å²) in [4.78, 5) is 26.5. The van der Waals surface area contributed by atoms with Crippen LogP contribution in [0, 0.1) is 5.82 Å². The third-order valence-corrected chi connectivity index (χ3v) is 4.45. The molecule has 0 radical (unpaired) electrons. The summed E-state index contributed by atoms with van der Waals surface area (Å²) in [6.45, 7) is 2.50. The van der Waals surface area contributed by atoms with Crippen molar-refractivity contribution in [2.45, 2.75) is 19.4 Å². The molecule has 1 aliphatic rings. The third-order valence-electron chi connectivity index (χ3n) is 4.22. The fraction of sp³-hybridized carbons (Fsp3) is 0.300.